The molecule has 0 bridgehead atoms. The molecule has 3 unspecified atom stereocenters. The van der Waals surface area contributed by atoms with E-state index in [0.717, 1.165) is 5.57 Å². The van der Waals surface area contributed by atoms with E-state index in [0.29, 0.717) is 6.42 Å². The number of alkyl halides is 1. The molecule has 33 heavy (non-hydrogen) atoms. The van der Waals surface area contributed by atoms with Crippen molar-refractivity contribution in [1.82, 2.24) is 0 Å². The quantitative estimate of drug-likeness (QED) is 0.220. The first-order chi connectivity index (χ1) is 14.2. The third-order valence-corrected chi connectivity index (χ3v) is 8.46. The predicted molar refractivity (Wildman–Crippen MR) is 114 cm³/mol. The molecule has 2 aliphatic carbocycles. The topological polar surface area (TPSA) is 113 Å². The van der Waals surface area contributed by atoms with Crippen molar-refractivity contribution in [2.75, 3.05) is 6.61 Å². The fraction of sp³-hybridized carbons (Fsp3) is 0.826. The molecule has 0 aromatic rings. The molecule has 1 saturated heterocycles. The number of carbonyl (C=O) groups excluding carboxylic acids is 2. The SMILES string of the molecule is CC(=O)O[C@H](C1C[C@H](O)C(C)=CC1(C)C)C1[C@](C)(C(=O)[C@@H](C)O)C(Cl)C[C@H]2OC[C@@]12O.[Ac].[Ac]. The summed E-state index contributed by atoms with van der Waals surface area (Å²) in [7, 11) is 0. The van der Waals surface area contributed by atoms with E-state index in [1.807, 2.05) is 26.8 Å². The minimum Gasteiger partial charge on any atom is -0.462 e. The van der Waals surface area contributed by atoms with Crippen molar-refractivity contribution in [2.45, 2.75) is 89.8 Å². The van der Waals surface area contributed by atoms with Gasteiger partial charge in [-0.1, -0.05) is 26.8 Å². The van der Waals surface area contributed by atoms with Crippen molar-refractivity contribution in [3.8, 4) is 0 Å². The summed E-state index contributed by atoms with van der Waals surface area (Å²) >= 11 is 6.73. The molecule has 182 valence electrons. The van der Waals surface area contributed by atoms with Crippen LogP contribution in [0.15, 0.2) is 11.6 Å². The van der Waals surface area contributed by atoms with Crippen molar-refractivity contribution in [3.05, 3.63) is 11.6 Å². The van der Waals surface area contributed by atoms with Crippen molar-refractivity contribution in [1.29, 1.82) is 0 Å². The van der Waals surface area contributed by atoms with Gasteiger partial charge in [-0.05, 0) is 37.7 Å². The van der Waals surface area contributed by atoms with E-state index in [1.165, 1.54) is 13.8 Å². The minimum atomic E-state index is -1.44. The normalized spacial score (nSPS) is 41.0. The molecule has 3 aliphatic rings. The molecule has 1 heterocycles. The Bertz CT molecular complexity index is 789. The van der Waals surface area contributed by atoms with E-state index in [2.05, 4.69) is 0 Å². The van der Waals surface area contributed by atoms with Crippen molar-refractivity contribution in [3.63, 3.8) is 0 Å². The van der Waals surface area contributed by atoms with Crippen LogP contribution >= 0.6 is 11.6 Å². The van der Waals surface area contributed by atoms with E-state index in [-0.39, 0.29) is 101 Å². The molecule has 10 heteroatoms. The van der Waals surface area contributed by atoms with Gasteiger partial charge < -0.3 is 24.8 Å². The Balaban J connectivity index is 0.00000272. The van der Waals surface area contributed by atoms with Gasteiger partial charge in [0, 0.05) is 112 Å². The monoisotopic (exact) mass is 912 g/mol. The summed E-state index contributed by atoms with van der Waals surface area (Å²) < 4.78 is 11.4. The van der Waals surface area contributed by atoms with E-state index >= 15 is 0 Å². The van der Waals surface area contributed by atoms with Crippen LogP contribution in [0.3, 0.4) is 0 Å². The minimum absolute atomic E-state index is 0. The number of Topliss-reactive ketones (excluding diaryl/α,β-unsaturated/α-hetero) is 1. The average molecular weight is 913 g/mol. The smallest absolute Gasteiger partial charge is 0.302 e. The summed E-state index contributed by atoms with van der Waals surface area (Å²) in [4.78, 5) is 25.5. The molecule has 9 atom stereocenters. The van der Waals surface area contributed by atoms with Crippen LogP contribution in [-0.4, -0.2) is 69.1 Å². The molecular weight excluding hydrogens is 878 g/mol. The van der Waals surface area contributed by atoms with Gasteiger partial charge in [-0.2, -0.15) is 0 Å². The van der Waals surface area contributed by atoms with Gasteiger partial charge in [-0.15, -0.1) is 11.6 Å². The fourth-order valence-electron chi connectivity index (χ4n) is 6.12. The molecule has 0 aromatic heterocycles. The second kappa shape index (κ2) is 11.7. The number of aliphatic hydroxyl groups excluding tert-OH is 2. The number of esters is 1. The van der Waals surface area contributed by atoms with Crippen LogP contribution in [0.5, 0.6) is 0 Å². The molecule has 0 aromatic carbocycles. The van der Waals surface area contributed by atoms with Crippen LogP contribution in [0.25, 0.3) is 0 Å². The summed E-state index contributed by atoms with van der Waals surface area (Å²) in [6.07, 6.45) is -1.05. The Morgan fingerprint density at radius 3 is 2.27 bits per heavy atom. The summed E-state index contributed by atoms with van der Waals surface area (Å²) in [6.45, 7) is 10.1. The maximum atomic E-state index is 13.3. The molecular formula is C23H35Ac2ClO7. The molecule has 2 fully saturated rings. The number of ketones is 1. The molecule has 1 aliphatic heterocycles. The largest absolute Gasteiger partial charge is 0.462 e. The number of hydrogen-bond acceptors (Lipinski definition) is 7. The van der Waals surface area contributed by atoms with Crippen LogP contribution < -0.4 is 0 Å². The first-order valence-electron chi connectivity index (χ1n) is 10.9. The summed E-state index contributed by atoms with van der Waals surface area (Å²) in [6, 6.07) is 0. The zero-order valence-corrected chi connectivity index (χ0v) is 30.5. The molecule has 1 saturated carbocycles. The first kappa shape index (κ1) is 32.9. The standard InChI is InChI=1S/C23H35ClO7.2Ac/c1-11-9-21(4,5)14(7-15(11)27)18(31-13(3)26)19-22(6,20(28)12(2)25)16(24)8-17-23(19,29)10-30-17;;/h9,12,14-19,25,27,29H,7-8,10H2,1-6H3;;/t12-,14?,15+,16?,17-,18-,19?,22-,23+;;/m1../s1. The van der Waals surface area contributed by atoms with Crippen LogP contribution in [0.4, 0.5) is 0 Å². The van der Waals surface area contributed by atoms with Gasteiger partial charge in [0.1, 0.15) is 17.8 Å². The molecule has 0 spiro atoms. The van der Waals surface area contributed by atoms with Gasteiger partial charge in [0.15, 0.2) is 5.78 Å². The number of aliphatic hydroxyl groups is 3. The van der Waals surface area contributed by atoms with Crippen LogP contribution in [0.1, 0.15) is 54.4 Å². The van der Waals surface area contributed by atoms with Crippen molar-refractivity contribution >= 4 is 23.4 Å². The number of fused-ring (bicyclic) bond motifs is 1. The third kappa shape index (κ3) is 5.83. The van der Waals surface area contributed by atoms with Crippen LogP contribution in [-0.2, 0) is 19.1 Å². The number of halogens is 1. The van der Waals surface area contributed by atoms with Crippen LogP contribution in [0.2, 0.25) is 0 Å². The third-order valence-electron chi connectivity index (χ3n) is 7.83. The Labute approximate surface area is 272 Å². The molecule has 2 radical (unpaired) electrons. The Morgan fingerprint density at radius 2 is 1.82 bits per heavy atom. The van der Waals surface area contributed by atoms with E-state index in [1.54, 1.807) is 6.92 Å². The predicted octanol–water partition coefficient (Wildman–Crippen LogP) is 1.98. The van der Waals surface area contributed by atoms with E-state index < -0.39 is 69.8 Å². The number of carbonyl (C=O) groups is 2. The van der Waals surface area contributed by atoms with Crippen LogP contribution in [0, 0.1) is 111 Å². The molecule has 7 nitrogen and oxygen atoms in total. The number of hydrogen-bond donors (Lipinski definition) is 3. The summed E-state index contributed by atoms with van der Waals surface area (Å²) in [5.41, 5.74) is -2.48. The Hall–Kier alpha value is 1.89. The average Bonchev–Trinajstić information content (AvgIpc) is 2.64. The maximum Gasteiger partial charge on any atom is 0.302 e. The number of ether oxygens (including phenoxy) is 2. The van der Waals surface area contributed by atoms with E-state index in [9.17, 15) is 24.9 Å². The van der Waals surface area contributed by atoms with Crippen molar-refractivity contribution < 1.29 is 123 Å². The van der Waals surface area contributed by atoms with Gasteiger partial charge in [0.05, 0.1) is 24.2 Å². The zero-order chi connectivity index (χ0) is 23.5. The maximum absolute atomic E-state index is 13.3. The van der Waals surface area contributed by atoms with Gasteiger partial charge in [-0.3, -0.25) is 9.59 Å². The second-order valence-electron chi connectivity index (χ2n) is 10.4. The molecule has 0 amide bonds. The van der Waals surface area contributed by atoms with Gasteiger partial charge in [-0.25, -0.2) is 0 Å². The van der Waals surface area contributed by atoms with Crippen molar-refractivity contribution in [2.24, 2.45) is 22.7 Å². The van der Waals surface area contributed by atoms with Gasteiger partial charge in [0.25, 0.3) is 0 Å². The molecule has 3 rings (SSSR count). The summed E-state index contributed by atoms with van der Waals surface area (Å²) in [5, 5.41) is 31.8. The molecule has 3 N–H and O–H groups in total. The Kier molecular flexibility index (Phi) is 11.7. The first-order valence-corrected chi connectivity index (χ1v) is 11.3. The Morgan fingerprint density at radius 1 is 1.24 bits per heavy atom. The second-order valence-corrected chi connectivity index (χ2v) is 11.0. The summed E-state index contributed by atoms with van der Waals surface area (Å²) in [5.74, 6) is -2.36. The van der Waals surface area contributed by atoms with Gasteiger partial charge in [0.2, 0.25) is 0 Å². The van der Waals surface area contributed by atoms with E-state index in [4.69, 9.17) is 21.1 Å². The number of allylic oxidation sites excluding steroid dienone is 1. The number of rotatable bonds is 5. The zero-order valence-electron chi connectivity index (χ0n) is 20.2. The fourth-order valence-corrected chi connectivity index (χ4v) is 6.52. The van der Waals surface area contributed by atoms with Gasteiger partial charge >= 0.3 is 5.97 Å².